The molecule has 4 aromatic carbocycles. The number of rotatable bonds is 8. The molecule has 9 heteroatoms. The lowest BCUT2D eigenvalue weighted by Gasteiger charge is -2.45. The van der Waals surface area contributed by atoms with Gasteiger partial charge in [-0.2, -0.15) is 0 Å². The zero-order valence-corrected chi connectivity index (χ0v) is 25.6. The monoisotopic (exact) mass is 614 g/mol. The lowest BCUT2D eigenvalue weighted by Crippen LogP contribution is -2.55. The van der Waals surface area contributed by atoms with E-state index in [2.05, 4.69) is 61.9 Å². The maximum absolute atomic E-state index is 13.2. The van der Waals surface area contributed by atoms with Crippen LogP contribution in [0, 0.1) is 5.92 Å². The molecule has 3 aliphatic rings. The second-order valence-corrected chi connectivity index (χ2v) is 13.9. The summed E-state index contributed by atoms with van der Waals surface area (Å²) in [4.78, 5) is 11.9. The van der Waals surface area contributed by atoms with Crippen LogP contribution in [0.5, 0.6) is 0 Å². The maximum Gasteiger partial charge on any atom is 0.268 e. The van der Waals surface area contributed by atoms with Gasteiger partial charge in [0.1, 0.15) is 12.1 Å². The van der Waals surface area contributed by atoms with Gasteiger partial charge in [0.15, 0.2) is 0 Å². The second kappa shape index (κ2) is 11.4. The molecule has 45 heavy (non-hydrogen) atoms. The van der Waals surface area contributed by atoms with Crippen molar-refractivity contribution in [1.29, 1.82) is 0 Å². The van der Waals surface area contributed by atoms with Gasteiger partial charge in [-0.05, 0) is 97.1 Å². The van der Waals surface area contributed by atoms with Crippen LogP contribution in [0.15, 0.2) is 114 Å². The summed E-state index contributed by atoms with van der Waals surface area (Å²) in [5.74, 6) is 1.51. The van der Waals surface area contributed by atoms with E-state index in [0.29, 0.717) is 17.4 Å². The zero-order chi connectivity index (χ0) is 30.4. The van der Waals surface area contributed by atoms with E-state index in [1.165, 1.54) is 42.0 Å². The first-order valence-corrected chi connectivity index (χ1v) is 16.9. The van der Waals surface area contributed by atoms with Gasteiger partial charge in [-0.3, -0.25) is 0 Å². The number of hydrogen-bond acceptors (Lipinski definition) is 7. The molecule has 2 bridgehead atoms. The Morgan fingerprint density at radius 1 is 0.822 bits per heavy atom. The first kappa shape index (κ1) is 27.9. The first-order chi connectivity index (χ1) is 22.0. The van der Waals surface area contributed by atoms with E-state index in [4.69, 9.17) is 0 Å². The van der Waals surface area contributed by atoms with E-state index in [9.17, 15) is 8.42 Å². The topological polar surface area (TPSA) is 92.1 Å². The molecule has 0 aliphatic carbocycles. The molecule has 3 aliphatic heterocycles. The fourth-order valence-corrected chi connectivity index (χ4v) is 8.22. The minimum Gasteiger partial charge on any atom is -0.340 e. The maximum atomic E-state index is 13.2. The molecule has 226 valence electrons. The first-order valence-electron chi connectivity index (χ1n) is 15.5. The van der Waals surface area contributed by atoms with E-state index in [-0.39, 0.29) is 4.90 Å². The quantitative estimate of drug-likeness (QED) is 0.205. The van der Waals surface area contributed by atoms with Gasteiger partial charge in [0, 0.05) is 41.8 Å². The lowest BCUT2D eigenvalue weighted by molar-refractivity contribution is 0.0720. The van der Waals surface area contributed by atoms with Crippen LogP contribution in [-0.4, -0.2) is 52.9 Å². The molecule has 0 radical (unpaired) electrons. The summed E-state index contributed by atoms with van der Waals surface area (Å²) in [5.41, 5.74) is 5.79. The number of nitrogens with one attached hydrogen (secondary N) is 2. The van der Waals surface area contributed by atoms with Crippen molar-refractivity contribution in [3.8, 4) is 11.1 Å². The standard InChI is InChI=1S/C36H34N6O2S/c43-45(44,31-4-2-1-3-5-31)42-19-16-29-20-30(11-13-35(29)42)40-36-32-21-28(10-12-33(32)38-24-39-36)26-8-6-25(7-9-26)22-37-34-23-41-17-14-27(34)15-18-41/h1-13,16,19-21,24,27,34,37H,14-15,17-18,22-23H2,(H,38,39,40). The highest BCUT2D eigenvalue weighted by Gasteiger charge is 2.33. The van der Waals surface area contributed by atoms with Gasteiger partial charge < -0.3 is 15.5 Å². The third kappa shape index (κ3) is 5.37. The predicted molar refractivity (Wildman–Crippen MR) is 179 cm³/mol. The molecule has 2 N–H and O–H groups in total. The third-order valence-electron chi connectivity index (χ3n) is 9.36. The van der Waals surface area contributed by atoms with Crippen LogP contribution in [0.2, 0.25) is 0 Å². The number of nitrogens with zero attached hydrogens (tertiary/aromatic N) is 4. The lowest BCUT2D eigenvalue weighted by atomic mass is 9.84. The minimum atomic E-state index is -3.70. The molecule has 3 saturated heterocycles. The fourth-order valence-electron chi connectivity index (χ4n) is 6.84. The van der Waals surface area contributed by atoms with E-state index in [1.54, 1.807) is 42.9 Å². The number of benzene rings is 4. The largest absolute Gasteiger partial charge is 0.340 e. The third-order valence-corrected chi connectivity index (χ3v) is 11.1. The Hall–Kier alpha value is -4.57. The van der Waals surface area contributed by atoms with Crippen molar-refractivity contribution in [2.24, 2.45) is 5.92 Å². The van der Waals surface area contributed by atoms with Gasteiger partial charge in [-0.25, -0.2) is 22.4 Å². The second-order valence-electron chi connectivity index (χ2n) is 12.1. The number of hydrogen-bond donors (Lipinski definition) is 2. The van der Waals surface area contributed by atoms with Crippen LogP contribution >= 0.6 is 0 Å². The highest BCUT2D eigenvalue weighted by molar-refractivity contribution is 7.90. The van der Waals surface area contributed by atoms with Crippen LogP contribution in [0.4, 0.5) is 11.5 Å². The van der Waals surface area contributed by atoms with Gasteiger partial charge in [-0.1, -0.05) is 48.5 Å². The van der Waals surface area contributed by atoms with E-state index in [1.807, 2.05) is 30.3 Å². The molecule has 1 unspecified atom stereocenters. The van der Waals surface area contributed by atoms with Crippen LogP contribution < -0.4 is 10.6 Å². The van der Waals surface area contributed by atoms with Crippen molar-refractivity contribution in [3.05, 3.63) is 115 Å². The van der Waals surface area contributed by atoms with E-state index >= 15 is 0 Å². The smallest absolute Gasteiger partial charge is 0.268 e. The summed E-state index contributed by atoms with van der Waals surface area (Å²) in [6.07, 6.45) is 5.80. The Bertz CT molecular complexity index is 2100. The van der Waals surface area contributed by atoms with Crippen LogP contribution in [0.3, 0.4) is 0 Å². The highest BCUT2D eigenvalue weighted by atomic mass is 32.2. The summed E-state index contributed by atoms with van der Waals surface area (Å²) in [7, 11) is -3.70. The highest BCUT2D eigenvalue weighted by Crippen LogP contribution is 2.31. The van der Waals surface area contributed by atoms with Crippen LogP contribution in [-0.2, 0) is 16.6 Å². The molecule has 9 rings (SSSR count). The summed E-state index contributed by atoms with van der Waals surface area (Å²) in [6.45, 7) is 4.59. The van der Waals surface area contributed by atoms with Gasteiger partial charge in [0.25, 0.3) is 10.0 Å². The summed E-state index contributed by atoms with van der Waals surface area (Å²) < 4.78 is 27.8. The number of piperidine rings is 3. The SMILES string of the molecule is O=S(=O)(c1ccccc1)n1ccc2cc(Nc3ncnc4ccc(-c5ccc(CNC6CN7CCC6CC7)cc5)cc34)ccc21. The molecular weight excluding hydrogens is 581 g/mol. The predicted octanol–water partition coefficient (Wildman–Crippen LogP) is 6.42. The average Bonchev–Trinajstić information content (AvgIpc) is 3.53. The van der Waals surface area contributed by atoms with Gasteiger partial charge >= 0.3 is 0 Å². The zero-order valence-electron chi connectivity index (χ0n) is 24.8. The molecule has 0 amide bonds. The van der Waals surface area contributed by atoms with Crippen molar-refractivity contribution >= 4 is 43.3 Å². The van der Waals surface area contributed by atoms with Crippen molar-refractivity contribution < 1.29 is 8.42 Å². The molecule has 3 fully saturated rings. The van der Waals surface area contributed by atoms with E-state index in [0.717, 1.165) is 45.6 Å². The van der Waals surface area contributed by atoms with Gasteiger partial charge in [0.05, 0.1) is 15.9 Å². The Kier molecular flexibility index (Phi) is 7.09. The summed E-state index contributed by atoms with van der Waals surface area (Å²) >= 11 is 0. The molecule has 1 atom stereocenters. The number of aromatic nitrogens is 3. The van der Waals surface area contributed by atoms with Crippen LogP contribution in [0.1, 0.15) is 18.4 Å². The molecule has 5 heterocycles. The number of anilines is 2. The van der Waals surface area contributed by atoms with Crippen molar-refractivity contribution in [1.82, 2.24) is 24.2 Å². The van der Waals surface area contributed by atoms with Crippen molar-refractivity contribution in [3.63, 3.8) is 0 Å². The fraction of sp³-hybridized carbons (Fsp3) is 0.222. The van der Waals surface area contributed by atoms with Crippen molar-refractivity contribution in [2.45, 2.75) is 30.3 Å². The van der Waals surface area contributed by atoms with Crippen molar-refractivity contribution in [2.75, 3.05) is 25.0 Å². The Morgan fingerprint density at radius 3 is 2.40 bits per heavy atom. The summed E-state index contributed by atoms with van der Waals surface area (Å²) in [6, 6.07) is 31.6. The molecule has 0 spiro atoms. The molecule has 6 aromatic rings. The number of fused-ring (bicyclic) bond motifs is 5. The Morgan fingerprint density at radius 2 is 1.62 bits per heavy atom. The molecule has 8 nitrogen and oxygen atoms in total. The average molecular weight is 615 g/mol. The molecule has 0 saturated carbocycles. The van der Waals surface area contributed by atoms with E-state index < -0.39 is 10.0 Å². The van der Waals surface area contributed by atoms with Gasteiger partial charge in [-0.15, -0.1) is 0 Å². The van der Waals surface area contributed by atoms with Crippen LogP contribution in [0.25, 0.3) is 32.9 Å². The minimum absolute atomic E-state index is 0.253. The Labute approximate surface area is 262 Å². The normalized spacial score (nSPS) is 19.7. The molecule has 2 aromatic heterocycles. The summed E-state index contributed by atoms with van der Waals surface area (Å²) in [5, 5.41) is 8.97. The molecular formula is C36H34N6O2S. The van der Waals surface area contributed by atoms with Gasteiger partial charge in [0.2, 0.25) is 0 Å². The Balaban J connectivity index is 1.02.